The van der Waals surface area contributed by atoms with Gasteiger partial charge in [0.15, 0.2) is 11.9 Å². The van der Waals surface area contributed by atoms with Crippen LogP contribution in [0.25, 0.3) is 0 Å². The number of nitrogens with one attached hydrogen (secondary N) is 2. The van der Waals surface area contributed by atoms with E-state index in [1.807, 2.05) is 0 Å². The summed E-state index contributed by atoms with van der Waals surface area (Å²) in [5.74, 6) is 0.611. The standard InChI is InChI=1S/C20H17Cl2N3O3/c1-12(28-18-9-4-13(21)11-16(18)22)20(27)25-17-3-2-10-23-19(17)24-14-5-7-15(26)8-6-14/h2-12,26H,1H3,(H,23,24)(H,25,27). The minimum atomic E-state index is -0.805. The molecule has 0 saturated carbocycles. The van der Waals surface area contributed by atoms with Crippen LogP contribution in [0.4, 0.5) is 17.2 Å². The molecule has 3 rings (SSSR count). The van der Waals surface area contributed by atoms with E-state index in [4.69, 9.17) is 27.9 Å². The number of carbonyl (C=O) groups is 1. The van der Waals surface area contributed by atoms with E-state index in [0.717, 1.165) is 0 Å². The first kappa shape index (κ1) is 19.8. The molecule has 3 aromatic rings. The van der Waals surface area contributed by atoms with Crippen LogP contribution in [0.1, 0.15) is 6.92 Å². The van der Waals surface area contributed by atoms with E-state index in [1.165, 1.54) is 0 Å². The lowest BCUT2D eigenvalue weighted by molar-refractivity contribution is -0.122. The second-order valence-corrected chi connectivity index (χ2v) is 6.74. The summed E-state index contributed by atoms with van der Waals surface area (Å²) in [5, 5.41) is 16.1. The van der Waals surface area contributed by atoms with Gasteiger partial charge in [-0.3, -0.25) is 4.79 Å². The molecule has 1 amide bonds. The SMILES string of the molecule is CC(Oc1ccc(Cl)cc1Cl)C(=O)Nc1cccnc1Nc1ccc(O)cc1. The van der Waals surface area contributed by atoms with Crippen LogP contribution in [0.15, 0.2) is 60.8 Å². The van der Waals surface area contributed by atoms with Gasteiger partial charge in [0.1, 0.15) is 11.5 Å². The van der Waals surface area contributed by atoms with Crippen molar-refractivity contribution in [3.05, 3.63) is 70.8 Å². The Balaban J connectivity index is 1.70. The summed E-state index contributed by atoms with van der Waals surface area (Å²) in [4.78, 5) is 16.8. The normalized spacial score (nSPS) is 11.5. The van der Waals surface area contributed by atoms with Crippen LogP contribution in [-0.4, -0.2) is 22.1 Å². The van der Waals surface area contributed by atoms with Crippen molar-refractivity contribution in [2.75, 3.05) is 10.6 Å². The summed E-state index contributed by atoms with van der Waals surface area (Å²) in [6, 6.07) is 14.7. The van der Waals surface area contributed by atoms with E-state index in [0.29, 0.717) is 33.0 Å². The minimum Gasteiger partial charge on any atom is -0.508 e. The minimum absolute atomic E-state index is 0.159. The lowest BCUT2D eigenvalue weighted by atomic mass is 10.3. The number of carbonyl (C=O) groups excluding carboxylic acids is 1. The molecule has 6 nitrogen and oxygen atoms in total. The number of rotatable bonds is 6. The number of aromatic hydroxyl groups is 1. The van der Waals surface area contributed by atoms with E-state index >= 15 is 0 Å². The van der Waals surface area contributed by atoms with E-state index < -0.39 is 6.10 Å². The molecule has 1 atom stereocenters. The number of anilines is 3. The molecule has 8 heteroatoms. The summed E-state index contributed by atoms with van der Waals surface area (Å²) in [6.45, 7) is 1.61. The summed E-state index contributed by atoms with van der Waals surface area (Å²) in [7, 11) is 0. The van der Waals surface area contributed by atoms with E-state index in [1.54, 1.807) is 67.7 Å². The van der Waals surface area contributed by atoms with Crippen LogP contribution in [-0.2, 0) is 4.79 Å². The zero-order valence-corrected chi connectivity index (χ0v) is 16.3. The Kier molecular flexibility index (Phi) is 6.23. The molecule has 1 unspecified atom stereocenters. The van der Waals surface area contributed by atoms with Crippen LogP contribution in [0.3, 0.4) is 0 Å². The van der Waals surface area contributed by atoms with Gasteiger partial charge in [-0.1, -0.05) is 23.2 Å². The zero-order chi connectivity index (χ0) is 20.1. The van der Waals surface area contributed by atoms with Crippen LogP contribution in [0, 0.1) is 0 Å². The maximum absolute atomic E-state index is 12.6. The molecule has 0 fully saturated rings. The highest BCUT2D eigenvalue weighted by molar-refractivity contribution is 6.35. The number of ether oxygens (including phenoxy) is 1. The molecule has 0 saturated heterocycles. The van der Waals surface area contributed by atoms with Gasteiger partial charge in [-0.15, -0.1) is 0 Å². The molecular formula is C20H17Cl2N3O3. The third-order valence-electron chi connectivity index (χ3n) is 3.76. The fourth-order valence-electron chi connectivity index (χ4n) is 2.34. The number of pyridine rings is 1. The zero-order valence-electron chi connectivity index (χ0n) is 14.8. The molecule has 0 aliphatic rings. The van der Waals surface area contributed by atoms with Crippen molar-refractivity contribution in [3.63, 3.8) is 0 Å². The molecule has 0 bridgehead atoms. The van der Waals surface area contributed by atoms with Gasteiger partial charge in [-0.2, -0.15) is 0 Å². The molecule has 1 heterocycles. The lowest BCUT2D eigenvalue weighted by Gasteiger charge is -2.17. The van der Waals surface area contributed by atoms with Crippen LogP contribution < -0.4 is 15.4 Å². The molecule has 0 aliphatic carbocycles. The average molecular weight is 418 g/mol. The molecular weight excluding hydrogens is 401 g/mol. The first-order valence-electron chi connectivity index (χ1n) is 8.36. The fraction of sp³-hybridized carbons (Fsp3) is 0.100. The summed E-state index contributed by atoms with van der Waals surface area (Å²) >= 11 is 12.0. The van der Waals surface area contributed by atoms with Crippen molar-refractivity contribution >= 4 is 46.3 Å². The van der Waals surface area contributed by atoms with Crippen molar-refractivity contribution < 1.29 is 14.6 Å². The Morgan fingerprint density at radius 3 is 2.61 bits per heavy atom. The topological polar surface area (TPSA) is 83.5 Å². The third kappa shape index (κ3) is 5.06. The van der Waals surface area contributed by atoms with E-state index in [-0.39, 0.29) is 11.7 Å². The predicted octanol–water partition coefficient (Wildman–Crippen LogP) is 5.24. The second-order valence-electron chi connectivity index (χ2n) is 5.90. The van der Waals surface area contributed by atoms with Crippen LogP contribution >= 0.6 is 23.2 Å². The molecule has 1 aromatic heterocycles. The molecule has 0 aliphatic heterocycles. The van der Waals surface area contributed by atoms with Gasteiger partial charge in [0.25, 0.3) is 5.91 Å². The van der Waals surface area contributed by atoms with Gasteiger partial charge in [0.2, 0.25) is 0 Å². The van der Waals surface area contributed by atoms with Gasteiger partial charge < -0.3 is 20.5 Å². The van der Waals surface area contributed by atoms with Crippen LogP contribution in [0.2, 0.25) is 10.0 Å². The number of phenolic OH excluding ortho intramolecular Hbond substituents is 1. The molecule has 144 valence electrons. The number of halogens is 2. The summed E-state index contributed by atoms with van der Waals surface area (Å²) < 4.78 is 5.63. The van der Waals surface area contributed by atoms with Crippen molar-refractivity contribution in [3.8, 4) is 11.5 Å². The van der Waals surface area contributed by atoms with E-state index in [9.17, 15) is 9.90 Å². The average Bonchev–Trinajstić information content (AvgIpc) is 2.67. The molecule has 2 aromatic carbocycles. The molecule has 28 heavy (non-hydrogen) atoms. The number of hydrogen-bond acceptors (Lipinski definition) is 5. The largest absolute Gasteiger partial charge is 0.508 e. The van der Waals surface area contributed by atoms with Gasteiger partial charge in [0, 0.05) is 16.9 Å². The van der Waals surface area contributed by atoms with Gasteiger partial charge in [-0.25, -0.2) is 4.98 Å². The molecule has 3 N–H and O–H groups in total. The highest BCUT2D eigenvalue weighted by atomic mass is 35.5. The fourth-order valence-corrected chi connectivity index (χ4v) is 2.79. The monoisotopic (exact) mass is 417 g/mol. The predicted molar refractivity (Wildman–Crippen MR) is 111 cm³/mol. The Bertz CT molecular complexity index is 981. The first-order valence-corrected chi connectivity index (χ1v) is 9.11. The first-order chi connectivity index (χ1) is 13.4. The van der Waals surface area contributed by atoms with Crippen molar-refractivity contribution in [2.24, 2.45) is 0 Å². The highest BCUT2D eigenvalue weighted by Gasteiger charge is 2.18. The Labute approximate surface area is 172 Å². The quantitative estimate of drug-likeness (QED) is 0.477. The number of aromatic nitrogens is 1. The van der Waals surface area contributed by atoms with Gasteiger partial charge in [0.05, 0.1) is 10.7 Å². The maximum Gasteiger partial charge on any atom is 0.265 e. The third-order valence-corrected chi connectivity index (χ3v) is 4.29. The summed E-state index contributed by atoms with van der Waals surface area (Å²) in [5.41, 5.74) is 1.20. The van der Waals surface area contributed by atoms with Gasteiger partial charge in [-0.05, 0) is 61.5 Å². The maximum atomic E-state index is 12.6. The number of benzene rings is 2. The Morgan fingerprint density at radius 2 is 1.89 bits per heavy atom. The second kappa shape index (κ2) is 8.82. The van der Waals surface area contributed by atoms with Gasteiger partial charge >= 0.3 is 0 Å². The number of nitrogens with zero attached hydrogens (tertiary/aromatic N) is 1. The summed E-state index contributed by atoms with van der Waals surface area (Å²) in [6.07, 6.45) is 0.798. The number of amides is 1. The smallest absolute Gasteiger partial charge is 0.265 e. The Hall–Kier alpha value is -2.96. The van der Waals surface area contributed by atoms with E-state index in [2.05, 4.69) is 15.6 Å². The van der Waals surface area contributed by atoms with Crippen LogP contribution in [0.5, 0.6) is 11.5 Å². The highest BCUT2D eigenvalue weighted by Crippen LogP contribution is 2.29. The lowest BCUT2D eigenvalue weighted by Crippen LogP contribution is -2.30. The number of hydrogen-bond donors (Lipinski definition) is 3. The van der Waals surface area contributed by atoms with Crippen molar-refractivity contribution in [1.82, 2.24) is 4.98 Å². The molecule has 0 radical (unpaired) electrons. The van der Waals surface area contributed by atoms with Crippen molar-refractivity contribution in [1.29, 1.82) is 0 Å². The van der Waals surface area contributed by atoms with Crippen molar-refractivity contribution in [2.45, 2.75) is 13.0 Å². The number of phenols is 1. The molecule has 0 spiro atoms. The Morgan fingerprint density at radius 1 is 1.14 bits per heavy atom.